The molecular weight excluding hydrogens is 344 g/mol. The number of hydrogen-bond acceptors (Lipinski definition) is 5. The maximum atomic E-state index is 13.2. The highest BCUT2D eigenvalue weighted by molar-refractivity contribution is 6.00. The van der Waals surface area contributed by atoms with Crippen molar-refractivity contribution in [2.24, 2.45) is 5.92 Å². The first kappa shape index (κ1) is 18.3. The summed E-state index contributed by atoms with van der Waals surface area (Å²) in [5, 5.41) is 0. The summed E-state index contributed by atoms with van der Waals surface area (Å²) in [6.07, 6.45) is 2.13. The van der Waals surface area contributed by atoms with E-state index in [2.05, 4.69) is 4.90 Å². The van der Waals surface area contributed by atoms with E-state index in [4.69, 9.17) is 10.5 Å². The van der Waals surface area contributed by atoms with E-state index in [1.807, 2.05) is 28.0 Å². The van der Waals surface area contributed by atoms with Gasteiger partial charge in [-0.2, -0.15) is 0 Å². The van der Waals surface area contributed by atoms with Crippen molar-refractivity contribution in [1.82, 2.24) is 9.80 Å². The number of nitrogen functional groups attached to an aromatic ring is 1. The molecule has 2 amide bonds. The van der Waals surface area contributed by atoms with Gasteiger partial charge in [-0.15, -0.1) is 0 Å². The van der Waals surface area contributed by atoms with E-state index in [9.17, 15) is 9.59 Å². The summed E-state index contributed by atoms with van der Waals surface area (Å²) in [7, 11) is 0. The van der Waals surface area contributed by atoms with Crippen molar-refractivity contribution in [3.8, 4) is 0 Å². The average molecular weight is 372 g/mol. The maximum absolute atomic E-state index is 13.2. The van der Waals surface area contributed by atoms with E-state index in [0.717, 1.165) is 62.6 Å². The quantitative estimate of drug-likeness (QED) is 0.789. The number of benzene rings is 1. The van der Waals surface area contributed by atoms with Crippen LogP contribution in [0.5, 0.6) is 0 Å². The average Bonchev–Trinajstić information content (AvgIpc) is 3.07. The Hall–Kier alpha value is -2.12. The summed E-state index contributed by atoms with van der Waals surface area (Å²) in [4.78, 5) is 31.6. The Balaban J connectivity index is 1.39. The number of fused-ring (bicyclic) bond motifs is 1. The Morgan fingerprint density at radius 3 is 2.81 bits per heavy atom. The second kappa shape index (κ2) is 7.86. The Kier molecular flexibility index (Phi) is 5.31. The third kappa shape index (κ3) is 3.80. The molecule has 2 fully saturated rings. The van der Waals surface area contributed by atoms with Crippen LogP contribution in [0.15, 0.2) is 18.2 Å². The molecule has 2 N–H and O–H groups in total. The number of anilines is 2. The van der Waals surface area contributed by atoms with Crippen LogP contribution in [0.25, 0.3) is 0 Å². The van der Waals surface area contributed by atoms with Gasteiger partial charge in [0.1, 0.15) is 0 Å². The monoisotopic (exact) mass is 372 g/mol. The van der Waals surface area contributed by atoms with Crippen molar-refractivity contribution in [3.05, 3.63) is 23.8 Å². The lowest BCUT2D eigenvalue weighted by atomic mass is 9.97. The van der Waals surface area contributed by atoms with Crippen LogP contribution in [-0.4, -0.2) is 74.1 Å². The highest BCUT2D eigenvalue weighted by atomic mass is 16.5. The van der Waals surface area contributed by atoms with E-state index in [1.54, 1.807) is 0 Å². The second-order valence-electron chi connectivity index (χ2n) is 7.63. The molecule has 3 aliphatic rings. The standard InChI is InChI=1S/C20H28N4O3/c21-17-4-1-5-18-16(17)3-2-6-24(18)20(26)15-13-19(25)23(14-15)8-7-22-9-11-27-12-10-22/h1,4-5,15H,2-3,6-14,21H2. The van der Waals surface area contributed by atoms with Gasteiger partial charge in [0.15, 0.2) is 0 Å². The molecule has 146 valence electrons. The van der Waals surface area contributed by atoms with Crippen molar-refractivity contribution in [2.45, 2.75) is 19.3 Å². The van der Waals surface area contributed by atoms with Crippen molar-refractivity contribution in [1.29, 1.82) is 0 Å². The van der Waals surface area contributed by atoms with E-state index in [-0.39, 0.29) is 17.7 Å². The van der Waals surface area contributed by atoms with Gasteiger partial charge in [-0.1, -0.05) is 6.07 Å². The summed E-state index contributed by atoms with van der Waals surface area (Å²) in [6, 6.07) is 5.75. The number of amides is 2. The smallest absolute Gasteiger partial charge is 0.232 e. The third-order valence-corrected chi connectivity index (χ3v) is 5.91. The zero-order valence-electron chi connectivity index (χ0n) is 15.7. The van der Waals surface area contributed by atoms with Crippen LogP contribution < -0.4 is 10.6 Å². The molecule has 2 saturated heterocycles. The molecule has 1 aromatic carbocycles. The molecule has 4 rings (SSSR count). The molecule has 0 aromatic heterocycles. The lowest BCUT2D eigenvalue weighted by Gasteiger charge is -2.32. The van der Waals surface area contributed by atoms with Gasteiger partial charge in [-0.25, -0.2) is 0 Å². The third-order valence-electron chi connectivity index (χ3n) is 5.91. The molecule has 0 saturated carbocycles. The lowest BCUT2D eigenvalue weighted by molar-refractivity contribution is -0.128. The zero-order chi connectivity index (χ0) is 18.8. The van der Waals surface area contributed by atoms with Crippen LogP contribution in [0.2, 0.25) is 0 Å². The topological polar surface area (TPSA) is 79.1 Å². The number of carbonyl (C=O) groups excluding carboxylic acids is 2. The summed E-state index contributed by atoms with van der Waals surface area (Å²) in [5.41, 5.74) is 8.83. The summed E-state index contributed by atoms with van der Waals surface area (Å²) in [5.74, 6) is -0.107. The zero-order valence-corrected chi connectivity index (χ0v) is 15.7. The van der Waals surface area contributed by atoms with Gasteiger partial charge in [0.2, 0.25) is 11.8 Å². The molecule has 7 nitrogen and oxygen atoms in total. The molecule has 0 aliphatic carbocycles. The first-order chi connectivity index (χ1) is 13.1. The van der Waals surface area contributed by atoms with Gasteiger partial charge in [0.25, 0.3) is 0 Å². The summed E-state index contributed by atoms with van der Waals surface area (Å²) < 4.78 is 5.36. The predicted molar refractivity (Wildman–Crippen MR) is 103 cm³/mol. The van der Waals surface area contributed by atoms with E-state index in [0.29, 0.717) is 26.1 Å². The molecule has 1 atom stereocenters. The van der Waals surface area contributed by atoms with Crippen LogP contribution in [0.1, 0.15) is 18.4 Å². The Morgan fingerprint density at radius 2 is 2.00 bits per heavy atom. The number of nitrogens with zero attached hydrogens (tertiary/aromatic N) is 3. The van der Waals surface area contributed by atoms with E-state index in [1.165, 1.54) is 0 Å². The number of likely N-dealkylation sites (tertiary alicyclic amines) is 1. The number of morpholine rings is 1. The van der Waals surface area contributed by atoms with Gasteiger partial charge in [0.05, 0.1) is 19.1 Å². The predicted octanol–water partition coefficient (Wildman–Crippen LogP) is 0.729. The molecule has 7 heteroatoms. The lowest BCUT2D eigenvalue weighted by Crippen LogP contribution is -2.43. The molecule has 0 spiro atoms. The highest BCUT2D eigenvalue weighted by Gasteiger charge is 2.38. The van der Waals surface area contributed by atoms with Gasteiger partial charge in [0, 0.05) is 57.1 Å². The fraction of sp³-hybridized carbons (Fsp3) is 0.600. The van der Waals surface area contributed by atoms with E-state index >= 15 is 0 Å². The van der Waals surface area contributed by atoms with Crippen LogP contribution >= 0.6 is 0 Å². The minimum absolute atomic E-state index is 0.0590. The van der Waals surface area contributed by atoms with Gasteiger partial charge in [-0.05, 0) is 30.5 Å². The van der Waals surface area contributed by atoms with Crippen LogP contribution in [0.4, 0.5) is 11.4 Å². The number of carbonyl (C=O) groups is 2. The van der Waals surface area contributed by atoms with Crippen LogP contribution in [0.3, 0.4) is 0 Å². The largest absolute Gasteiger partial charge is 0.398 e. The normalized spacial score (nSPS) is 23.6. The SMILES string of the molecule is Nc1cccc2c1CCCN2C(=O)C1CC(=O)N(CCN2CCOCC2)C1. The molecule has 1 unspecified atom stereocenters. The molecule has 3 aliphatic heterocycles. The van der Waals surface area contributed by atoms with Gasteiger partial charge in [-0.3, -0.25) is 14.5 Å². The second-order valence-corrected chi connectivity index (χ2v) is 7.63. The number of ether oxygens (including phenoxy) is 1. The molecule has 27 heavy (non-hydrogen) atoms. The minimum Gasteiger partial charge on any atom is -0.398 e. The minimum atomic E-state index is -0.255. The van der Waals surface area contributed by atoms with Crippen molar-refractivity contribution in [3.63, 3.8) is 0 Å². The maximum Gasteiger partial charge on any atom is 0.232 e. The number of nitrogens with two attached hydrogens (primary N) is 1. The molecule has 1 aromatic rings. The van der Waals surface area contributed by atoms with Gasteiger partial charge >= 0.3 is 0 Å². The fourth-order valence-electron chi connectivity index (χ4n) is 4.34. The fourth-order valence-corrected chi connectivity index (χ4v) is 4.34. The summed E-state index contributed by atoms with van der Waals surface area (Å²) >= 11 is 0. The van der Waals surface area contributed by atoms with Crippen molar-refractivity contribution >= 4 is 23.2 Å². The summed E-state index contributed by atoms with van der Waals surface area (Å²) in [6.45, 7) is 6.10. The first-order valence-electron chi connectivity index (χ1n) is 9.90. The molecule has 3 heterocycles. The number of hydrogen-bond donors (Lipinski definition) is 1. The molecule has 0 bridgehead atoms. The van der Waals surface area contributed by atoms with Gasteiger partial charge < -0.3 is 20.3 Å². The highest BCUT2D eigenvalue weighted by Crippen LogP contribution is 2.33. The molecular formula is C20H28N4O3. The van der Waals surface area contributed by atoms with E-state index < -0.39 is 0 Å². The van der Waals surface area contributed by atoms with Crippen LogP contribution in [0, 0.1) is 5.92 Å². The van der Waals surface area contributed by atoms with Crippen LogP contribution in [-0.2, 0) is 20.7 Å². The molecule has 0 radical (unpaired) electrons. The number of rotatable bonds is 4. The Labute approximate surface area is 160 Å². The Morgan fingerprint density at radius 1 is 1.19 bits per heavy atom. The van der Waals surface area contributed by atoms with Crippen molar-refractivity contribution in [2.75, 3.05) is 63.1 Å². The first-order valence-corrected chi connectivity index (χ1v) is 9.90. The Bertz CT molecular complexity index is 717. The van der Waals surface area contributed by atoms with Crippen molar-refractivity contribution < 1.29 is 14.3 Å².